The molecule has 0 aliphatic carbocycles. The van der Waals surface area contributed by atoms with Gasteiger partial charge in [-0.3, -0.25) is 9.36 Å². The molecule has 35 heavy (non-hydrogen) atoms. The van der Waals surface area contributed by atoms with Crippen molar-refractivity contribution in [3.8, 4) is 17.1 Å². The maximum Gasteiger partial charge on any atom is 0.416 e. The fraction of sp³-hybridized carbons (Fsp3) is 0.0833. The second-order valence-electron chi connectivity index (χ2n) is 7.19. The molecule has 178 valence electrons. The molecule has 6 nitrogen and oxygen atoms in total. The highest BCUT2D eigenvalue weighted by Crippen LogP contribution is 2.29. The smallest absolute Gasteiger partial charge is 0.272 e. The number of hydrogen-bond acceptors (Lipinski definition) is 5. The van der Waals surface area contributed by atoms with Crippen LogP contribution in [0.25, 0.3) is 17.1 Å². The molecule has 0 aliphatic rings. The number of rotatable bonds is 7. The molecule has 0 fully saturated rings. The van der Waals surface area contributed by atoms with Crippen LogP contribution in [-0.2, 0) is 11.0 Å². The normalized spacial score (nSPS) is 11.7. The van der Waals surface area contributed by atoms with Gasteiger partial charge in [-0.05, 0) is 54.1 Å². The van der Waals surface area contributed by atoms with E-state index in [1.165, 1.54) is 30.1 Å². The zero-order valence-corrected chi connectivity index (χ0v) is 19.5. The van der Waals surface area contributed by atoms with Crippen LogP contribution < -0.4 is 5.43 Å². The van der Waals surface area contributed by atoms with Crippen LogP contribution in [0.15, 0.2) is 89.1 Å². The third-order valence-electron chi connectivity index (χ3n) is 4.72. The van der Waals surface area contributed by atoms with E-state index < -0.39 is 17.6 Å². The molecule has 0 bridgehead atoms. The number of aromatic nitrogens is 3. The van der Waals surface area contributed by atoms with E-state index in [1.54, 1.807) is 12.1 Å². The summed E-state index contributed by atoms with van der Waals surface area (Å²) in [6.45, 7) is 0. The van der Waals surface area contributed by atoms with E-state index in [0.717, 1.165) is 23.4 Å². The number of para-hydroxylation sites is 1. The van der Waals surface area contributed by atoms with Gasteiger partial charge in [0.1, 0.15) is 0 Å². The number of hydrazone groups is 1. The third kappa shape index (κ3) is 6.28. The van der Waals surface area contributed by atoms with Crippen molar-refractivity contribution in [2.24, 2.45) is 5.10 Å². The summed E-state index contributed by atoms with van der Waals surface area (Å²) in [4.78, 5) is 12.3. The van der Waals surface area contributed by atoms with Gasteiger partial charge in [0.05, 0.1) is 17.5 Å². The van der Waals surface area contributed by atoms with E-state index in [4.69, 9.17) is 11.6 Å². The summed E-state index contributed by atoms with van der Waals surface area (Å²) < 4.78 is 39.8. The molecular formula is C24H17ClF3N5OS. The van der Waals surface area contributed by atoms with Crippen molar-refractivity contribution in [2.45, 2.75) is 11.3 Å². The van der Waals surface area contributed by atoms with Crippen molar-refractivity contribution < 1.29 is 18.0 Å². The monoisotopic (exact) mass is 515 g/mol. The number of nitrogens with zero attached hydrogens (tertiary/aromatic N) is 4. The van der Waals surface area contributed by atoms with Gasteiger partial charge in [-0.1, -0.05) is 53.7 Å². The minimum atomic E-state index is -4.41. The summed E-state index contributed by atoms with van der Waals surface area (Å²) in [5.41, 5.74) is 3.66. The van der Waals surface area contributed by atoms with E-state index in [1.807, 2.05) is 47.0 Å². The van der Waals surface area contributed by atoms with Crippen LogP contribution in [0.3, 0.4) is 0 Å². The standard InChI is InChI=1S/C24H17ClF3N5OS/c25-19-12-8-17(9-13-19)22-31-32-23(33(22)20-4-2-1-3-5-20)35-15-21(34)30-29-14-16-6-10-18(11-7-16)24(26,27)28/h1-14H,15H2,(H,30,34). The first-order valence-electron chi connectivity index (χ1n) is 10.2. The molecule has 0 saturated carbocycles. The summed E-state index contributed by atoms with van der Waals surface area (Å²) in [5, 5.41) is 13.5. The van der Waals surface area contributed by atoms with E-state index in [0.29, 0.717) is 21.6 Å². The molecule has 11 heteroatoms. The second kappa shape index (κ2) is 10.7. The average molecular weight is 516 g/mol. The van der Waals surface area contributed by atoms with Gasteiger partial charge in [0.15, 0.2) is 11.0 Å². The Kier molecular flexibility index (Phi) is 7.52. The fourth-order valence-corrected chi connectivity index (χ4v) is 3.93. The molecule has 0 saturated heterocycles. The first kappa shape index (κ1) is 24.5. The second-order valence-corrected chi connectivity index (χ2v) is 8.56. The molecule has 4 rings (SSSR count). The predicted molar refractivity (Wildman–Crippen MR) is 130 cm³/mol. The molecule has 1 amide bonds. The Bertz CT molecular complexity index is 1320. The number of benzene rings is 3. The van der Waals surface area contributed by atoms with Crippen LogP contribution in [-0.4, -0.2) is 32.6 Å². The van der Waals surface area contributed by atoms with Crippen molar-refractivity contribution >= 4 is 35.5 Å². The topological polar surface area (TPSA) is 72.2 Å². The summed E-state index contributed by atoms with van der Waals surface area (Å²) in [7, 11) is 0. The molecule has 0 unspecified atom stereocenters. The van der Waals surface area contributed by atoms with Gasteiger partial charge in [0.25, 0.3) is 5.91 Å². The summed E-state index contributed by atoms with van der Waals surface area (Å²) in [6, 6.07) is 21.1. The predicted octanol–water partition coefficient (Wildman–Crippen LogP) is 5.85. The molecule has 1 aromatic heterocycles. The van der Waals surface area contributed by atoms with Gasteiger partial charge in [-0.25, -0.2) is 5.43 Å². The molecule has 0 aliphatic heterocycles. The largest absolute Gasteiger partial charge is 0.416 e. The van der Waals surface area contributed by atoms with Crippen LogP contribution in [0.4, 0.5) is 13.2 Å². The number of amides is 1. The van der Waals surface area contributed by atoms with Crippen LogP contribution in [0, 0.1) is 0 Å². The quantitative estimate of drug-likeness (QED) is 0.190. The third-order valence-corrected chi connectivity index (χ3v) is 5.90. The highest BCUT2D eigenvalue weighted by Gasteiger charge is 2.29. The van der Waals surface area contributed by atoms with Gasteiger partial charge in [0.2, 0.25) is 0 Å². The van der Waals surface area contributed by atoms with E-state index >= 15 is 0 Å². The molecule has 0 radical (unpaired) electrons. The number of halogens is 4. The van der Waals surface area contributed by atoms with E-state index in [-0.39, 0.29) is 5.75 Å². The lowest BCUT2D eigenvalue weighted by Gasteiger charge is -2.10. The fourth-order valence-electron chi connectivity index (χ4n) is 3.06. The summed E-state index contributed by atoms with van der Waals surface area (Å²) in [5.74, 6) is 0.181. The number of hydrogen-bond donors (Lipinski definition) is 1. The molecular weight excluding hydrogens is 499 g/mol. The minimum Gasteiger partial charge on any atom is -0.272 e. The Hall–Kier alpha value is -3.63. The van der Waals surface area contributed by atoms with E-state index in [2.05, 4.69) is 20.7 Å². The number of nitrogens with one attached hydrogen (secondary N) is 1. The lowest BCUT2D eigenvalue weighted by atomic mass is 10.1. The lowest BCUT2D eigenvalue weighted by Crippen LogP contribution is -2.20. The average Bonchev–Trinajstić information content (AvgIpc) is 3.27. The number of carbonyl (C=O) groups excluding carboxylic acids is 1. The Labute approximate surface area is 207 Å². The van der Waals surface area contributed by atoms with Crippen molar-refractivity contribution in [2.75, 3.05) is 5.75 Å². The van der Waals surface area contributed by atoms with Gasteiger partial charge < -0.3 is 0 Å². The molecule has 1 N–H and O–H groups in total. The number of carbonyl (C=O) groups is 1. The highest BCUT2D eigenvalue weighted by molar-refractivity contribution is 7.99. The Morgan fingerprint density at radius 1 is 1.00 bits per heavy atom. The van der Waals surface area contributed by atoms with Crippen molar-refractivity contribution in [3.05, 3.63) is 95.0 Å². The molecule has 0 atom stereocenters. The van der Waals surface area contributed by atoms with Gasteiger partial charge >= 0.3 is 6.18 Å². The number of alkyl halides is 3. The van der Waals surface area contributed by atoms with Crippen LogP contribution in [0.2, 0.25) is 5.02 Å². The first-order chi connectivity index (χ1) is 16.8. The Balaban J connectivity index is 1.44. The Morgan fingerprint density at radius 2 is 1.69 bits per heavy atom. The van der Waals surface area contributed by atoms with Gasteiger partial charge in [0, 0.05) is 16.3 Å². The van der Waals surface area contributed by atoms with Crippen LogP contribution >= 0.6 is 23.4 Å². The van der Waals surface area contributed by atoms with Crippen molar-refractivity contribution in [1.82, 2.24) is 20.2 Å². The van der Waals surface area contributed by atoms with Crippen LogP contribution in [0.1, 0.15) is 11.1 Å². The number of thioether (sulfide) groups is 1. The Morgan fingerprint density at radius 3 is 2.34 bits per heavy atom. The summed E-state index contributed by atoms with van der Waals surface area (Å²) >= 11 is 7.18. The maximum absolute atomic E-state index is 12.6. The first-order valence-corrected chi connectivity index (χ1v) is 11.6. The van der Waals surface area contributed by atoms with Gasteiger partial charge in [-0.2, -0.15) is 18.3 Å². The molecule has 3 aromatic carbocycles. The molecule has 1 heterocycles. The minimum absolute atomic E-state index is 0.00403. The van der Waals surface area contributed by atoms with E-state index in [9.17, 15) is 18.0 Å². The maximum atomic E-state index is 12.6. The molecule has 4 aromatic rings. The SMILES string of the molecule is O=C(CSc1nnc(-c2ccc(Cl)cc2)n1-c1ccccc1)NN=Cc1ccc(C(F)(F)F)cc1. The zero-order valence-electron chi connectivity index (χ0n) is 17.9. The zero-order chi connectivity index (χ0) is 24.8. The van der Waals surface area contributed by atoms with Crippen molar-refractivity contribution in [1.29, 1.82) is 0 Å². The summed E-state index contributed by atoms with van der Waals surface area (Å²) in [6.07, 6.45) is -3.14. The molecule has 0 spiro atoms. The lowest BCUT2D eigenvalue weighted by molar-refractivity contribution is -0.137. The highest BCUT2D eigenvalue weighted by atomic mass is 35.5. The van der Waals surface area contributed by atoms with Crippen molar-refractivity contribution in [3.63, 3.8) is 0 Å². The van der Waals surface area contributed by atoms with Gasteiger partial charge in [-0.15, -0.1) is 10.2 Å². The van der Waals surface area contributed by atoms with Crippen LogP contribution in [0.5, 0.6) is 0 Å².